The monoisotopic (exact) mass is 205 g/mol. The van der Waals surface area contributed by atoms with Crippen molar-refractivity contribution >= 4 is 0 Å². The quantitative estimate of drug-likeness (QED) is 0.806. The molecule has 0 unspecified atom stereocenters. The predicted molar refractivity (Wildman–Crippen MR) is 60.5 cm³/mol. The lowest BCUT2D eigenvalue weighted by molar-refractivity contribution is 0.506. The van der Waals surface area contributed by atoms with Gasteiger partial charge in [0, 0.05) is 17.8 Å². The number of hydrogen-bond acceptors (Lipinski definition) is 3. The fourth-order valence-electron chi connectivity index (χ4n) is 2.13. The lowest BCUT2D eigenvalue weighted by Gasteiger charge is -2.18. The van der Waals surface area contributed by atoms with Gasteiger partial charge in [-0.25, -0.2) is 9.97 Å². The highest BCUT2D eigenvalue weighted by molar-refractivity contribution is 5.13. The Balaban J connectivity index is 2.26. The first kappa shape index (κ1) is 10.6. The summed E-state index contributed by atoms with van der Waals surface area (Å²) in [5.74, 6) is 1.39. The van der Waals surface area contributed by atoms with Gasteiger partial charge in [0.05, 0.1) is 5.54 Å². The molecule has 1 aliphatic carbocycles. The van der Waals surface area contributed by atoms with E-state index in [0.717, 1.165) is 5.82 Å². The van der Waals surface area contributed by atoms with Gasteiger partial charge in [0.1, 0.15) is 5.82 Å². The number of hydrogen-bond donors (Lipinski definition) is 1. The lowest BCUT2D eigenvalue weighted by Crippen LogP contribution is -2.31. The van der Waals surface area contributed by atoms with Gasteiger partial charge in [-0.3, -0.25) is 0 Å². The molecule has 0 spiro atoms. The molecule has 3 heteroatoms. The summed E-state index contributed by atoms with van der Waals surface area (Å²) < 4.78 is 0. The van der Waals surface area contributed by atoms with Gasteiger partial charge in [-0.1, -0.05) is 12.8 Å². The minimum atomic E-state index is -0.436. The molecule has 3 nitrogen and oxygen atoms in total. The Morgan fingerprint density at radius 3 is 2.60 bits per heavy atom. The molecule has 0 saturated heterocycles. The van der Waals surface area contributed by atoms with Crippen LogP contribution in [0.1, 0.15) is 57.0 Å². The normalized spacial score (nSPS) is 18.3. The van der Waals surface area contributed by atoms with Crippen LogP contribution < -0.4 is 5.73 Å². The summed E-state index contributed by atoms with van der Waals surface area (Å²) in [6, 6.07) is 2.03. The van der Waals surface area contributed by atoms with E-state index in [1.54, 1.807) is 0 Å². The Kier molecular flexibility index (Phi) is 2.74. The second-order valence-electron chi connectivity index (χ2n) is 5.01. The average molecular weight is 205 g/mol. The van der Waals surface area contributed by atoms with E-state index in [1.165, 1.54) is 31.4 Å². The molecule has 0 aromatic carbocycles. The Labute approximate surface area is 91.1 Å². The Morgan fingerprint density at radius 1 is 1.33 bits per heavy atom. The summed E-state index contributed by atoms with van der Waals surface area (Å²) in [7, 11) is 0. The van der Waals surface area contributed by atoms with Crippen molar-refractivity contribution in [2.24, 2.45) is 5.73 Å². The van der Waals surface area contributed by atoms with Crippen LogP contribution in [-0.4, -0.2) is 9.97 Å². The molecule has 1 aromatic rings. The summed E-state index contributed by atoms with van der Waals surface area (Å²) in [5.41, 5.74) is 6.74. The molecule has 15 heavy (non-hydrogen) atoms. The van der Waals surface area contributed by atoms with E-state index >= 15 is 0 Å². The van der Waals surface area contributed by atoms with E-state index in [1.807, 2.05) is 26.1 Å². The van der Waals surface area contributed by atoms with E-state index in [2.05, 4.69) is 9.97 Å². The van der Waals surface area contributed by atoms with E-state index < -0.39 is 5.54 Å². The van der Waals surface area contributed by atoms with Crippen molar-refractivity contribution in [1.29, 1.82) is 0 Å². The van der Waals surface area contributed by atoms with E-state index in [4.69, 9.17) is 5.73 Å². The molecule has 0 atom stereocenters. The minimum absolute atomic E-state index is 0.436. The second kappa shape index (κ2) is 3.89. The first-order valence-electron chi connectivity index (χ1n) is 5.69. The van der Waals surface area contributed by atoms with Crippen LogP contribution in [0.5, 0.6) is 0 Å². The van der Waals surface area contributed by atoms with E-state index in [0.29, 0.717) is 5.92 Å². The van der Waals surface area contributed by atoms with Crippen molar-refractivity contribution in [3.05, 3.63) is 23.8 Å². The van der Waals surface area contributed by atoms with Gasteiger partial charge < -0.3 is 5.73 Å². The van der Waals surface area contributed by atoms with Crippen molar-refractivity contribution in [1.82, 2.24) is 9.97 Å². The molecule has 0 aliphatic heterocycles. The molecular weight excluding hydrogens is 186 g/mol. The van der Waals surface area contributed by atoms with Crippen LogP contribution in [0.2, 0.25) is 0 Å². The predicted octanol–water partition coefficient (Wildman–Crippen LogP) is 2.33. The zero-order valence-corrected chi connectivity index (χ0v) is 9.53. The highest BCUT2D eigenvalue weighted by Crippen LogP contribution is 2.33. The van der Waals surface area contributed by atoms with Gasteiger partial charge in [-0.15, -0.1) is 0 Å². The molecule has 1 aromatic heterocycles. The summed E-state index contributed by atoms with van der Waals surface area (Å²) in [4.78, 5) is 8.84. The lowest BCUT2D eigenvalue weighted by atomic mass is 10.0. The fourth-order valence-corrected chi connectivity index (χ4v) is 2.13. The SMILES string of the molecule is CC(C)(N)c1nccc(C2CCCC2)n1. The van der Waals surface area contributed by atoms with Crippen LogP contribution in [0.3, 0.4) is 0 Å². The molecule has 0 bridgehead atoms. The molecule has 0 radical (unpaired) electrons. The number of rotatable bonds is 2. The smallest absolute Gasteiger partial charge is 0.147 e. The van der Waals surface area contributed by atoms with Crippen molar-refractivity contribution in [3.8, 4) is 0 Å². The van der Waals surface area contributed by atoms with Crippen molar-refractivity contribution < 1.29 is 0 Å². The fraction of sp³-hybridized carbons (Fsp3) is 0.667. The third-order valence-corrected chi connectivity index (χ3v) is 3.03. The molecule has 1 saturated carbocycles. The Bertz CT molecular complexity index is 335. The molecule has 1 aliphatic rings. The van der Waals surface area contributed by atoms with Crippen LogP contribution in [0.25, 0.3) is 0 Å². The first-order chi connectivity index (χ1) is 7.07. The van der Waals surface area contributed by atoms with Gasteiger partial charge in [0.15, 0.2) is 0 Å². The maximum Gasteiger partial charge on any atom is 0.147 e. The zero-order chi connectivity index (χ0) is 10.9. The van der Waals surface area contributed by atoms with Crippen molar-refractivity contribution in [3.63, 3.8) is 0 Å². The minimum Gasteiger partial charge on any atom is -0.319 e. The summed E-state index contributed by atoms with van der Waals surface area (Å²) >= 11 is 0. The topological polar surface area (TPSA) is 51.8 Å². The number of nitrogens with zero attached hydrogens (tertiary/aromatic N) is 2. The second-order valence-corrected chi connectivity index (χ2v) is 5.01. The summed E-state index contributed by atoms with van der Waals surface area (Å²) in [6.07, 6.45) is 7.03. The van der Waals surface area contributed by atoms with Gasteiger partial charge in [-0.2, -0.15) is 0 Å². The van der Waals surface area contributed by atoms with Gasteiger partial charge in [0.25, 0.3) is 0 Å². The molecule has 1 fully saturated rings. The average Bonchev–Trinajstić information content (AvgIpc) is 2.69. The number of aromatic nitrogens is 2. The van der Waals surface area contributed by atoms with Crippen LogP contribution >= 0.6 is 0 Å². The highest BCUT2D eigenvalue weighted by Gasteiger charge is 2.22. The Hall–Kier alpha value is -0.960. The molecule has 1 heterocycles. The summed E-state index contributed by atoms with van der Waals surface area (Å²) in [6.45, 7) is 3.89. The van der Waals surface area contributed by atoms with Crippen LogP contribution in [-0.2, 0) is 5.54 Å². The summed E-state index contributed by atoms with van der Waals surface area (Å²) in [5, 5.41) is 0. The molecule has 2 rings (SSSR count). The van der Waals surface area contributed by atoms with Crippen LogP contribution in [0.15, 0.2) is 12.3 Å². The molecular formula is C12H19N3. The van der Waals surface area contributed by atoms with Gasteiger partial charge in [-0.05, 0) is 32.8 Å². The maximum absolute atomic E-state index is 6.00. The third-order valence-electron chi connectivity index (χ3n) is 3.03. The first-order valence-corrected chi connectivity index (χ1v) is 5.69. The third kappa shape index (κ3) is 2.34. The largest absolute Gasteiger partial charge is 0.319 e. The van der Waals surface area contributed by atoms with Crippen molar-refractivity contribution in [2.45, 2.75) is 51.0 Å². The van der Waals surface area contributed by atoms with Crippen molar-refractivity contribution in [2.75, 3.05) is 0 Å². The molecule has 2 N–H and O–H groups in total. The standard InChI is InChI=1S/C12H19N3/c1-12(2,13)11-14-8-7-10(15-11)9-5-3-4-6-9/h7-9H,3-6,13H2,1-2H3. The number of nitrogens with two attached hydrogens (primary N) is 1. The van der Waals surface area contributed by atoms with E-state index in [9.17, 15) is 0 Å². The van der Waals surface area contributed by atoms with Crippen LogP contribution in [0, 0.1) is 0 Å². The van der Waals surface area contributed by atoms with Crippen LogP contribution in [0.4, 0.5) is 0 Å². The molecule has 82 valence electrons. The maximum atomic E-state index is 6.00. The molecule has 0 amide bonds. The van der Waals surface area contributed by atoms with Gasteiger partial charge in [0.2, 0.25) is 0 Å². The highest BCUT2D eigenvalue weighted by atomic mass is 15.0. The Morgan fingerprint density at radius 2 is 2.00 bits per heavy atom. The zero-order valence-electron chi connectivity index (χ0n) is 9.53. The van der Waals surface area contributed by atoms with E-state index in [-0.39, 0.29) is 0 Å². The van der Waals surface area contributed by atoms with Gasteiger partial charge >= 0.3 is 0 Å².